The summed E-state index contributed by atoms with van der Waals surface area (Å²) in [4.78, 5) is 16.6. The highest BCUT2D eigenvalue weighted by Gasteiger charge is 2.41. The Bertz CT molecular complexity index is 1360. The van der Waals surface area contributed by atoms with Crippen LogP contribution in [0.3, 0.4) is 0 Å². The molecule has 2 aromatic carbocycles. The van der Waals surface area contributed by atoms with Crippen LogP contribution in [0.15, 0.2) is 53.6 Å². The van der Waals surface area contributed by atoms with Gasteiger partial charge in [-0.2, -0.15) is 5.10 Å². The molecule has 1 saturated carbocycles. The molecule has 9 heteroatoms. The van der Waals surface area contributed by atoms with Crippen LogP contribution in [0.1, 0.15) is 36.3 Å². The van der Waals surface area contributed by atoms with Crippen LogP contribution in [0.25, 0.3) is 10.9 Å². The number of benzene rings is 2. The molecular weight excluding hydrogens is 470 g/mol. The van der Waals surface area contributed by atoms with Crippen molar-refractivity contribution in [2.24, 2.45) is 0 Å². The lowest BCUT2D eigenvalue weighted by molar-refractivity contribution is -0.105. The van der Waals surface area contributed by atoms with Gasteiger partial charge in [0.05, 0.1) is 12.1 Å². The van der Waals surface area contributed by atoms with Crippen molar-refractivity contribution in [3.63, 3.8) is 0 Å². The van der Waals surface area contributed by atoms with Crippen molar-refractivity contribution in [1.82, 2.24) is 15.2 Å². The number of hydrogen-bond donors (Lipinski definition) is 3. The first-order valence-electron chi connectivity index (χ1n) is 11.0. The zero-order valence-electron chi connectivity index (χ0n) is 18.8. The van der Waals surface area contributed by atoms with Gasteiger partial charge in [0.25, 0.3) is 0 Å². The monoisotopic (exact) mass is 493 g/mol. The molecule has 1 fully saturated rings. The van der Waals surface area contributed by atoms with Gasteiger partial charge in [-0.15, -0.1) is 11.8 Å². The van der Waals surface area contributed by atoms with E-state index < -0.39 is 0 Å². The van der Waals surface area contributed by atoms with Crippen LogP contribution in [0.4, 0.5) is 17.3 Å². The van der Waals surface area contributed by atoms with Gasteiger partial charge in [-0.3, -0.25) is 9.89 Å². The van der Waals surface area contributed by atoms with E-state index in [0.717, 1.165) is 33.5 Å². The molecule has 2 heterocycles. The number of amides is 1. The predicted molar refractivity (Wildman–Crippen MR) is 138 cm³/mol. The molecule has 0 aliphatic heterocycles. The van der Waals surface area contributed by atoms with Crippen molar-refractivity contribution >= 4 is 58.0 Å². The third-order valence-electron chi connectivity index (χ3n) is 6.03. The molecular formula is C25H24ClN5O2S. The summed E-state index contributed by atoms with van der Waals surface area (Å²) in [5.41, 5.74) is 4.05. The molecule has 4 aromatic rings. The molecule has 2 atom stereocenters. The van der Waals surface area contributed by atoms with Gasteiger partial charge in [0, 0.05) is 27.2 Å². The van der Waals surface area contributed by atoms with Crippen molar-refractivity contribution in [2.75, 3.05) is 23.5 Å². The Morgan fingerprint density at radius 1 is 1.21 bits per heavy atom. The average Bonchev–Trinajstić information content (AvgIpc) is 3.55. The highest BCUT2D eigenvalue weighted by atomic mass is 35.5. The Kier molecular flexibility index (Phi) is 6.34. The Morgan fingerprint density at radius 2 is 2.09 bits per heavy atom. The van der Waals surface area contributed by atoms with E-state index in [4.69, 9.17) is 16.3 Å². The molecule has 1 amide bonds. The Hall–Kier alpha value is -3.23. The summed E-state index contributed by atoms with van der Waals surface area (Å²) in [5, 5.41) is 15.4. The number of ether oxygens (including phenoxy) is 1. The number of carbonyl (C=O) groups excluding carboxylic acids is 1. The molecule has 1 aliphatic carbocycles. The third-order valence-corrected chi connectivity index (χ3v) is 6.96. The standard InChI is InChI=1S/C25H24ClN5O2S/c1-3-33-23-10-16(34-2)12-27-25(23)29-24-17-6-4-14(8-22(17)30-31-24)18-11-19(18)20-9-15(26)5-7-21(20)28-13-32/h4-10,12-13,18-19H,3,11H2,1-2H3,(H,28,32)(H2,27,29,30,31). The minimum absolute atomic E-state index is 0.312. The molecule has 34 heavy (non-hydrogen) atoms. The maximum atomic E-state index is 11.0. The summed E-state index contributed by atoms with van der Waals surface area (Å²) in [7, 11) is 0. The SMILES string of the molecule is CCOc1cc(SC)cnc1Nc1n[nH]c2cc(C3CC3c3cc(Cl)ccc3NC=O)ccc12. The van der Waals surface area contributed by atoms with Crippen LogP contribution in [0, 0.1) is 0 Å². The number of hydrogen-bond acceptors (Lipinski definition) is 6. The lowest BCUT2D eigenvalue weighted by Crippen LogP contribution is -2.01. The number of rotatable bonds is 9. The quantitative estimate of drug-likeness (QED) is 0.187. The highest BCUT2D eigenvalue weighted by molar-refractivity contribution is 7.98. The van der Waals surface area contributed by atoms with Gasteiger partial charge in [-0.25, -0.2) is 4.98 Å². The molecule has 2 aromatic heterocycles. The molecule has 174 valence electrons. The summed E-state index contributed by atoms with van der Waals surface area (Å²) in [6.45, 7) is 2.51. The number of aromatic nitrogens is 3. The Labute approximate surface area is 206 Å². The fraction of sp³-hybridized carbons (Fsp3) is 0.240. The second-order valence-electron chi connectivity index (χ2n) is 8.10. The summed E-state index contributed by atoms with van der Waals surface area (Å²) in [5.74, 6) is 2.71. The van der Waals surface area contributed by atoms with Crippen molar-refractivity contribution in [3.8, 4) is 5.75 Å². The van der Waals surface area contributed by atoms with Gasteiger partial charge in [0.1, 0.15) is 0 Å². The summed E-state index contributed by atoms with van der Waals surface area (Å²) in [6.07, 6.45) is 5.53. The fourth-order valence-corrected chi connectivity index (χ4v) is 4.88. The smallest absolute Gasteiger partial charge is 0.211 e. The molecule has 0 bridgehead atoms. The van der Waals surface area contributed by atoms with Crippen LogP contribution in [0.2, 0.25) is 5.02 Å². The van der Waals surface area contributed by atoms with Crippen molar-refractivity contribution in [3.05, 3.63) is 64.8 Å². The van der Waals surface area contributed by atoms with E-state index in [1.807, 2.05) is 37.6 Å². The Morgan fingerprint density at radius 3 is 2.88 bits per heavy atom. The molecule has 0 saturated heterocycles. The number of halogens is 1. The average molecular weight is 494 g/mol. The van der Waals surface area contributed by atoms with Crippen molar-refractivity contribution in [2.45, 2.75) is 30.1 Å². The van der Waals surface area contributed by atoms with Crippen LogP contribution >= 0.6 is 23.4 Å². The Balaban J connectivity index is 1.39. The van der Waals surface area contributed by atoms with E-state index >= 15 is 0 Å². The number of nitrogens with one attached hydrogen (secondary N) is 3. The summed E-state index contributed by atoms with van der Waals surface area (Å²) in [6, 6.07) is 13.9. The fourth-order valence-electron chi connectivity index (χ4n) is 4.32. The first-order chi connectivity index (χ1) is 16.6. The lowest BCUT2D eigenvalue weighted by atomic mass is 10.0. The summed E-state index contributed by atoms with van der Waals surface area (Å²) < 4.78 is 5.78. The predicted octanol–water partition coefficient (Wildman–Crippen LogP) is 6.31. The second-order valence-corrected chi connectivity index (χ2v) is 9.42. The number of fused-ring (bicyclic) bond motifs is 1. The van der Waals surface area contributed by atoms with Crippen LogP contribution in [-0.2, 0) is 4.79 Å². The third kappa shape index (κ3) is 4.43. The topological polar surface area (TPSA) is 91.9 Å². The zero-order valence-corrected chi connectivity index (χ0v) is 20.3. The molecule has 0 radical (unpaired) electrons. The number of nitrogens with zero attached hydrogens (tertiary/aromatic N) is 2. The molecule has 7 nitrogen and oxygen atoms in total. The number of thioether (sulfide) groups is 1. The maximum Gasteiger partial charge on any atom is 0.211 e. The molecule has 2 unspecified atom stereocenters. The normalized spacial score (nSPS) is 16.9. The largest absolute Gasteiger partial charge is 0.490 e. The minimum Gasteiger partial charge on any atom is -0.490 e. The zero-order chi connectivity index (χ0) is 23.7. The van der Waals surface area contributed by atoms with Crippen molar-refractivity contribution < 1.29 is 9.53 Å². The van der Waals surface area contributed by atoms with Crippen LogP contribution in [0.5, 0.6) is 5.75 Å². The van der Waals surface area contributed by atoms with Crippen molar-refractivity contribution in [1.29, 1.82) is 0 Å². The van der Waals surface area contributed by atoms with E-state index in [2.05, 4.69) is 44.0 Å². The van der Waals surface area contributed by atoms with Crippen LogP contribution < -0.4 is 15.4 Å². The van der Waals surface area contributed by atoms with Gasteiger partial charge < -0.3 is 15.4 Å². The highest BCUT2D eigenvalue weighted by Crippen LogP contribution is 2.57. The number of pyridine rings is 1. The van der Waals surface area contributed by atoms with Gasteiger partial charge in [0.2, 0.25) is 6.41 Å². The minimum atomic E-state index is 0.312. The molecule has 3 N–H and O–H groups in total. The van der Waals surface area contributed by atoms with Gasteiger partial charge in [-0.05, 0) is 79.0 Å². The number of H-pyrrole nitrogens is 1. The first-order valence-corrected chi connectivity index (χ1v) is 12.6. The van der Waals surface area contributed by atoms with E-state index in [1.165, 1.54) is 5.56 Å². The van der Waals surface area contributed by atoms with E-state index in [0.29, 0.717) is 47.3 Å². The first kappa shape index (κ1) is 22.6. The van der Waals surface area contributed by atoms with Gasteiger partial charge >= 0.3 is 0 Å². The number of carbonyl (C=O) groups is 1. The second kappa shape index (κ2) is 9.56. The van der Waals surface area contributed by atoms with Gasteiger partial charge in [-0.1, -0.05) is 17.7 Å². The maximum absolute atomic E-state index is 11.0. The molecule has 1 aliphatic rings. The molecule has 5 rings (SSSR count). The van der Waals surface area contributed by atoms with E-state index in [1.54, 1.807) is 17.8 Å². The van der Waals surface area contributed by atoms with Crippen LogP contribution in [-0.4, -0.2) is 34.5 Å². The lowest BCUT2D eigenvalue weighted by Gasteiger charge is -2.11. The number of anilines is 3. The van der Waals surface area contributed by atoms with E-state index in [-0.39, 0.29) is 0 Å². The van der Waals surface area contributed by atoms with Gasteiger partial charge in [0.15, 0.2) is 17.4 Å². The van der Waals surface area contributed by atoms with E-state index in [9.17, 15) is 4.79 Å². The summed E-state index contributed by atoms with van der Waals surface area (Å²) >= 11 is 7.85. The molecule has 0 spiro atoms. The number of aromatic amines is 1.